The van der Waals surface area contributed by atoms with Crippen molar-refractivity contribution in [1.29, 1.82) is 0 Å². The summed E-state index contributed by atoms with van der Waals surface area (Å²) in [6.45, 7) is 1.98. The van der Waals surface area contributed by atoms with Crippen LogP contribution < -0.4 is 10.5 Å². The molecular weight excluding hydrogens is 174 g/mol. The van der Waals surface area contributed by atoms with E-state index in [2.05, 4.69) is 18.2 Å². The molecule has 2 heteroatoms. The Morgan fingerprint density at radius 2 is 2.14 bits per heavy atom. The third-order valence-corrected chi connectivity index (χ3v) is 2.80. The zero-order valence-corrected chi connectivity index (χ0v) is 8.79. The van der Waals surface area contributed by atoms with Gasteiger partial charge in [0.2, 0.25) is 0 Å². The Bertz CT molecular complexity index is 329. The van der Waals surface area contributed by atoms with E-state index in [-0.39, 0.29) is 6.04 Å². The molecule has 1 fully saturated rings. The number of ether oxygens (including phenoxy) is 1. The standard InChI is InChI=1S/C12H17NO/c1-8(13)11-6-5-10(9-3-4-9)7-12(11)14-2/h5-9H,3-4,13H2,1-2H3. The Morgan fingerprint density at radius 3 is 2.64 bits per heavy atom. The zero-order chi connectivity index (χ0) is 10.1. The van der Waals surface area contributed by atoms with Crippen molar-refractivity contribution < 1.29 is 4.74 Å². The maximum Gasteiger partial charge on any atom is 0.123 e. The zero-order valence-electron chi connectivity index (χ0n) is 8.79. The van der Waals surface area contributed by atoms with Crippen LogP contribution in [0.4, 0.5) is 0 Å². The van der Waals surface area contributed by atoms with Gasteiger partial charge in [-0.15, -0.1) is 0 Å². The summed E-state index contributed by atoms with van der Waals surface area (Å²) in [6, 6.07) is 6.45. The van der Waals surface area contributed by atoms with Gasteiger partial charge >= 0.3 is 0 Å². The van der Waals surface area contributed by atoms with E-state index in [0.717, 1.165) is 17.2 Å². The number of rotatable bonds is 3. The number of hydrogen-bond donors (Lipinski definition) is 1. The van der Waals surface area contributed by atoms with E-state index in [1.165, 1.54) is 18.4 Å². The van der Waals surface area contributed by atoms with E-state index >= 15 is 0 Å². The quantitative estimate of drug-likeness (QED) is 0.797. The van der Waals surface area contributed by atoms with Crippen LogP contribution in [0.3, 0.4) is 0 Å². The Hall–Kier alpha value is -1.02. The predicted molar refractivity (Wildman–Crippen MR) is 57.6 cm³/mol. The first-order valence-electron chi connectivity index (χ1n) is 5.15. The normalized spacial score (nSPS) is 17.9. The lowest BCUT2D eigenvalue weighted by atomic mass is 10.0. The fraction of sp³-hybridized carbons (Fsp3) is 0.500. The number of nitrogens with two attached hydrogens (primary N) is 1. The van der Waals surface area contributed by atoms with E-state index in [1.807, 2.05) is 6.92 Å². The van der Waals surface area contributed by atoms with E-state index in [4.69, 9.17) is 10.5 Å². The van der Waals surface area contributed by atoms with Gasteiger partial charge < -0.3 is 10.5 Å². The third-order valence-electron chi connectivity index (χ3n) is 2.80. The summed E-state index contributed by atoms with van der Waals surface area (Å²) in [5.41, 5.74) is 8.34. The van der Waals surface area contributed by atoms with E-state index in [9.17, 15) is 0 Å². The first-order valence-corrected chi connectivity index (χ1v) is 5.15. The minimum atomic E-state index is 0.0400. The molecule has 1 aromatic rings. The van der Waals surface area contributed by atoms with Crippen LogP contribution in [-0.4, -0.2) is 7.11 Å². The maximum atomic E-state index is 5.85. The van der Waals surface area contributed by atoms with Crippen LogP contribution in [0.25, 0.3) is 0 Å². The van der Waals surface area contributed by atoms with Gasteiger partial charge in [0.25, 0.3) is 0 Å². The minimum absolute atomic E-state index is 0.0400. The first-order chi connectivity index (χ1) is 6.72. The number of methoxy groups -OCH3 is 1. The summed E-state index contributed by atoms with van der Waals surface area (Å²) in [5.74, 6) is 1.70. The molecule has 0 saturated heterocycles. The molecule has 0 heterocycles. The molecule has 2 nitrogen and oxygen atoms in total. The average molecular weight is 191 g/mol. The van der Waals surface area contributed by atoms with E-state index in [1.54, 1.807) is 7.11 Å². The van der Waals surface area contributed by atoms with Gasteiger partial charge in [-0.3, -0.25) is 0 Å². The summed E-state index contributed by atoms with van der Waals surface area (Å²) in [5, 5.41) is 0. The fourth-order valence-corrected chi connectivity index (χ4v) is 1.77. The second-order valence-corrected chi connectivity index (χ2v) is 4.06. The van der Waals surface area contributed by atoms with Crippen LogP contribution in [0.15, 0.2) is 18.2 Å². The molecule has 2 N–H and O–H groups in total. The Labute approximate surface area is 85.1 Å². The van der Waals surface area contributed by atoms with Crippen molar-refractivity contribution in [2.24, 2.45) is 5.73 Å². The molecule has 1 unspecified atom stereocenters. The second kappa shape index (κ2) is 3.62. The summed E-state index contributed by atoms with van der Waals surface area (Å²) < 4.78 is 5.35. The van der Waals surface area contributed by atoms with Gasteiger partial charge in [0.05, 0.1) is 7.11 Å². The second-order valence-electron chi connectivity index (χ2n) is 4.06. The van der Waals surface area contributed by atoms with Crippen LogP contribution in [0.1, 0.15) is 42.9 Å². The third kappa shape index (κ3) is 1.75. The Balaban J connectivity index is 2.33. The smallest absolute Gasteiger partial charge is 0.123 e. The SMILES string of the molecule is COc1cc(C2CC2)ccc1C(C)N. The van der Waals surface area contributed by atoms with Crippen molar-refractivity contribution in [2.75, 3.05) is 7.11 Å². The highest BCUT2D eigenvalue weighted by molar-refractivity contribution is 5.41. The average Bonchev–Trinajstić information content (AvgIpc) is 3.00. The molecule has 1 atom stereocenters. The molecule has 1 aliphatic carbocycles. The van der Waals surface area contributed by atoms with Crippen molar-refractivity contribution in [1.82, 2.24) is 0 Å². The molecule has 0 radical (unpaired) electrons. The van der Waals surface area contributed by atoms with Gasteiger partial charge in [-0.05, 0) is 37.3 Å². The van der Waals surface area contributed by atoms with Crippen molar-refractivity contribution in [3.05, 3.63) is 29.3 Å². The molecule has 0 aromatic heterocycles. The van der Waals surface area contributed by atoms with Gasteiger partial charge in [0.15, 0.2) is 0 Å². The molecule has 1 aliphatic rings. The lowest BCUT2D eigenvalue weighted by molar-refractivity contribution is 0.406. The highest BCUT2D eigenvalue weighted by Crippen LogP contribution is 2.42. The van der Waals surface area contributed by atoms with Crippen molar-refractivity contribution >= 4 is 0 Å². The van der Waals surface area contributed by atoms with Crippen molar-refractivity contribution in [3.63, 3.8) is 0 Å². The van der Waals surface area contributed by atoms with Crippen LogP contribution in [0.2, 0.25) is 0 Å². The number of benzene rings is 1. The molecule has 0 amide bonds. The van der Waals surface area contributed by atoms with Crippen molar-refractivity contribution in [3.8, 4) is 5.75 Å². The van der Waals surface area contributed by atoms with Crippen LogP contribution in [0, 0.1) is 0 Å². The molecule has 2 rings (SSSR count). The number of hydrogen-bond acceptors (Lipinski definition) is 2. The summed E-state index contributed by atoms with van der Waals surface area (Å²) >= 11 is 0. The summed E-state index contributed by atoms with van der Waals surface area (Å²) in [7, 11) is 1.71. The molecule has 1 saturated carbocycles. The van der Waals surface area contributed by atoms with Gasteiger partial charge in [-0.25, -0.2) is 0 Å². The van der Waals surface area contributed by atoms with E-state index in [0.29, 0.717) is 0 Å². The maximum absolute atomic E-state index is 5.85. The highest BCUT2D eigenvalue weighted by atomic mass is 16.5. The van der Waals surface area contributed by atoms with Crippen molar-refractivity contribution in [2.45, 2.75) is 31.7 Å². The van der Waals surface area contributed by atoms with Crippen LogP contribution in [-0.2, 0) is 0 Å². The van der Waals surface area contributed by atoms with Gasteiger partial charge in [-0.2, -0.15) is 0 Å². The molecule has 0 spiro atoms. The molecule has 14 heavy (non-hydrogen) atoms. The molecule has 0 bridgehead atoms. The topological polar surface area (TPSA) is 35.2 Å². The van der Waals surface area contributed by atoms with Gasteiger partial charge in [0, 0.05) is 11.6 Å². The highest BCUT2D eigenvalue weighted by Gasteiger charge is 2.24. The Morgan fingerprint density at radius 1 is 1.43 bits per heavy atom. The summed E-state index contributed by atoms with van der Waals surface area (Å²) in [6.07, 6.45) is 2.64. The van der Waals surface area contributed by atoms with Gasteiger partial charge in [0.1, 0.15) is 5.75 Å². The minimum Gasteiger partial charge on any atom is -0.496 e. The molecular formula is C12H17NO. The monoisotopic (exact) mass is 191 g/mol. The van der Waals surface area contributed by atoms with Crippen LogP contribution >= 0.6 is 0 Å². The Kier molecular flexibility index (Phi) is 2.46. The lowest BCUT2D eigenvalue weighted by Crippen LogP contribution is -2.07. The van der Waals surface area contributed by atoms with E-state index < -0.39 is 0 Å². The molecule has 1 aromatic carbocycles. The van der Waals surface area contributed by atoms with Gasteiger partial charge in [-0.1, -0.05) is 12.1 Å². The summed E-state index contributed by atoms with van der Waals surface area (Å²) in [4.78, 5) is 0. The largest absolute Gasteiger partial charge is 0.496 e. The molecule has 76 valence electrons. The molecule has 0 aliphatic heterocycles. The lowest BCUT2D eigenvalue weighted by Gasteiger charge is -2.12. The van der Waals surface area contributed by atoms with Crippen LogP contribution in [0.5, 0.6) is 5.75 Å². The first kappa shape index (κ1) is 9.53. The fourth-order valence-electron chi connectivity index (χ4n) is 1.77. The predicted octanol–water partition coefficient (Wildman–Crippen LogP) is 2.59.